The van der Waals surface area contributed by atoms with Crippen molar-refractivity contribution < 1.29 is 19.2 Å². The summed E-state index contributed by atoms with van der Waals surface area (Å²) in [5.41, 5.74) is 1.36. The summed E-state index contributed by atoms with van der Waals surface area (Å²) >= 11 is 1.22. The zero-order valence-corrected chi connectivity index (χ0v) is 20.4. The number of nitro benzene ring substituents is 1. The summed E-state index contributed by atoms with van der Waals surface area (Å²) in [6.07, 6.45) is 0.475. The van der Waals surface area contributed by atoms with Gasteiger partial charge in [-0.1, -0.05) is 17.8 Å². The zero-order valence-electron chi connectivity index (χ0n) is 19.6. The molecule has 2 aromatic carbocycles. The van der Waals surface area contributed by atoms with Gasteiger partial charge in [-0.25, -0.2) is 0 Å². The van der Waals surface area contributed by atoms with Crippen LogP contribution in [0.15, 0.2) is 47.6 Å². The molecule has 0 atom stereocenters. The molecule has 35 heavy (non-hydrogen) atoms. The zero-order chi connectivity index (χ0) is 25.4. The van der Waals surface area contributed by atoms with Gasteiger partial charge in [-0.2, -0.15) is 0 Å². The molecular weight excluding hydrogens is 472 g/mol. The lowest BCUT2D eigenvalue weighted by atomic mass is 10.2. The van der Waals surface area contributed by atoms with Crippen LogP contribution in [0.25, 0.3) is 0 Å². The molecule has 1 aromatic heterocycles. The monoisotopic (exact) mass is 498 g/mol. The van der Waals surface area contributed by atoms with E-state index in [4.69, 9.17) is 4.74 Å². The lowest BCUT2D eigenvalue weighted by Gasteiger charge is -2.09. The molecule has 0 aliphatic carbocycles. The van der Waals surface area contributed by atoms with Crippen LogP contribution in [0.1, 0.15) is 28.7 Å². The third-order valence-corrected chi connectivity index (χ3v) is 6.08. The Morgan fingerprint density at radius 1 is 1.17 bits per heavy atom. The van der Waals surface area contributed by atoms with Crippen molar-refractivity contribution in [3.63, 3.8) is 0 Å². The standard InChI is InChI=1S/C23H26N6O5S/c1-4-28-20(11-12-24-22(31)16-6-9-18(34-3)10-7-16)26-27-23(28)35-14-21(30)25-17-8-5-15(2)19(13-17)29(32)33/h5-10,13H,4,11-12,14H2,1-3H3,(H,24,31)(H,25,30). The highest BCUT2D eigenvalue weighted by molar-refractivity contribution is 7.99. The molecule has 2 N–H and O–H groups in total. The summed E-state index contributed by atoms with van der Waals surface area (Å²) in [7, 11) is 1.57. The fourth-order valence-corrected chi connectivity index (χ4v) is 4.09. The predicted octanol–water partition coefficient (Wildman–Crippen LogP) is 3.23. The minimum absolute atomic E-state index is 0.0510. The van der Waals surface area contributed by atoms with Crippen molar-refractivity contribution in [1.29, 1.82) is 0 Å². The van der Waals surface area contributed by atoms with E-state index >= 15 is 0 Å². The van der Waals surface area contributed by atoms with Gasteiger partial charge in [0.15, 0.2) is 5.16 Å². The quantitative estimate of drug-likeness (QED) is 0.233. The van der Waals surface area contributed by atoms with E-state index in [1.807, 2.05) is 11.5 Å². The maximum absolute atomic E-state index is 12.4. The van der Waals surface area contributed by atoms with E-state index in [1.165, 1.54) is 17.8 Å². The number of ether oxygens (including phenoxy) is 1. The van der Waals surface area contributed by atoms with E-state index in [0.29, 0.717) is 53.1 Å². The minimum atomic E-state index is -0.482. The van der Waals surface area contributed by atoms with Gasteiger partial charge in [0.25, 0.3) is 11.6 Å². The van der Waals surface area contributed by atoms with E-state index in [0.717, 1.165) is 0 Å². The number of anilines is 1. The second-order valence-electron chi connectivity index (χ2n) is 7.47. The number of hydrogen-bond donors (Lipinski definition) is 2. The van der Waals surface area contributed by atoms with Crippen LogP contribution < -0.4 is 15.4 Å². The number of carbonyl (C=O) groups excluding carboxylic acids is 2. The molecule has 1 heterocycles. The first-order chi connectivity index (χ1) is 16.8. The van der Waals surface area contributed by atoms with Gasteiger partial charge in [-0.15, -0.1) is 10.2 Å². The highest BCUT2D eigenvalue weighted by Gasteiger charge is 2.16. The highest BCUT2D eigenvalue weighted by atomic mass is 32.2. The second-order valence-corrected chi connectivity index (χ2v) is 8.42. The third-order valence-electron chi connectivity index (χ3n) is 5.12. The summed E-state index contributed by atoms with van der Waals surface area (Å²) in [6.45, 7) is 4.56. The average Bonchev–Trinajstić information content (AvgIpc) is 3.25. The van der Waals surface area contributed by atoms with E-state index in [9.17, 15) is 19.7 Å². The molecule has 0 aliphatic heterocycles. The van der Waals surface area contributed by atoms with Gasteiger partial charge in [0.2, 0.25) is 5.91 Å². The molecule has 3 aromatic rings. The molecule has 0 aliphatic rings. The first kappa shape index (κ1) is 25.7. The van der Waals surface area contributed by atoms with E-state index in [-0.39, 0.29) is 23.3 Å². The van der Waals surface area contributed by atoms with Crippen molar-refractivity contribution in [2.75, 3.05) is 24.7 Å². The Morgan fingerprint density at radius 3 is 2.57 bits per heavy atom. The Labute approximate surface area is 206 Å². The molecule has 0 spiro atoms. The number of benzene rings is 2. The van der Waals surface area contributed by atoms with Crippen LogP contribution in [0, 0.1) is 17.0 Å². The van der Waals surface area contributed by atoms with Crippen LogP contribution in [-0.2, 0) is 17.8 Å². The smallest absolute Gasteiger partial charge is 0.274 e. The lowest BCUT2D eigenvalue weighted by molar-refractivity contribution is -0.385. The molecule has 12 heteroatoms. The molecule has 184 valence electrons. The molecular formula is C23H26N6O5S. The average molecular weight is 499 g/mol. The molecule has 0 unspecified atom stereocenters. The molecule has 3 rings (SSSR count). The molecule has 11 nitrogen and oxygen atoms in total. The fourth-order valence-electron chi connectivity index (χ4n) is 3.27. The maximum Gasteiger partial charge on any atom is 0.274 e. The van der Waals surface area contributed by atoms with Gasteiger partial charge in [-0.05, 0) is 44.2 Å². The normalized spacial score (nSPS) is 10.6. The van der Waals surface area contributed by atoms with Crippen molar-refractivity contribution in [3.05, 3.63) is 69.5 Å². The first-order valence-electron chi connectivity index (χ1n) is 10.8. The topological polar surface area (TPSA) is 141 Å². The summed E-state index contributed by atoms with van der Waals surface area (Å²) < 4.78 is 6.98. The number of methoxy groups -OCH3 is 1. The molecule has 0 radical (unpaired) electrons. The number of nitro groups is 1. The summed E-state index contributed by atoms with van der Waals surface area (Å²) in [4.78, 5) is 35.3. The number of rotatable bonds is 11. The van der Waals surface area contributed by atoms with E-state index in [1.54, 1.807) is 50.4 Å². The Kier molecular flexibility index (Phi) is 8.79. The van der Waals surface area contributed by atoms with Crippen LogP contribution >= 0.6 is 11.8 Å². The lowest BCUT2D eigenvalue weighted by Crippen LogP contribution is -2.26. The molecule has 2 amide bonds. The number of aryl methyl sites for hydroxylation is 1. The number of aromatic nitrogens is 3. The third kappa shape index (κ3) is 6.79. The van der Waals surface area contributed by atoms with Gasteiger partial charge in [-0.3, -0.25) is 19.7 Å². The Bertz CT molecular complexity index is 1210. The van der Waals surface area contributed by atoms with Crippen LogP contribution in [0.2, 0.25) is 0 Å². The first-order valence-corrected chi connectivity index (χ1v) is 11.8. The van der Waals surface area contributed by atoms with Crippen LogP contribution in [0.4, 0.5) is 11.4 Å². The van der Waals surface area contributed by atoms with Crippen molar-refractivity contribution >= 4 is 35.0 Å². The number of thioether (sulfide) groups is 1. The molecule has 0 saturated carbocycles. The summed E-state index contributed by atoms with van der Waals surface area (Å²) in [5, 5.41) is 25.6. The van der Waals surface area contributed by atoms with Crippen molar-refractivity contribution in [2.24, 2.45) is 0 Å². The molecule has 0 fully saturated rings. The fraction of sp³-hybridized carbons (Fsp3) is 0.304. The summed E-state index contributed by atoms with van der Waals surface area (Å²) in [6, 6.07) is 11.4. The second kappa shape index (κ2) is 12.0. The van der Waals surface area contributed by atoms with E-state index in [2.05, 4.69) is 20.8 Å². The van der Waals surface area contributed by atoms with Crippen molar-refractivity contribution in [2.45, 2.75) is 32.0 Å². The Hall–Kier alpha value is -3.93. The van der Waals surface area contributed by atoms with E-state index < -0.39 is 4.92 Å². The number of hydrogen-bond acceptors (Lipinski definition) is 8. The SMILES string of the molecule is CCn1c(CCNC(=O)c2ccc(OC)cc2)nnc1SCC(=O)Nc1ccc(C)c([N+](=O)[O-])c1. The number of carbonyl (C=O) groups is 2. The predicted molar refractivity (Wildman–Crippen MR) is 132 cm³/mol. The van der Waals surface area contributed by atoms with Gasteiger partial charge in [0.1, 0.15) is 11.6 Å². The number of nitrogens with zero attached hydrogens (tertiary/aromatic N) is 4. The number of amides is 2. The minimum Gasteiger partial charge on any atom is -0.497 e. The Balaban J connectivity index is 1.52. The van der Waals surface area contributed by atoms with Crippen LogP contribution in [-0.4, -0.2) is 50.9 Å². The van der Waals surface area contributed by atoms with Crippen LogP contribution in [0.5, 0.6) is 5.75 Å². The maximum atomic E-state index is 12.4. The van der Waals surface area contributed by atoms with Crippen molar-refractivity contribution in [3.8, 4) is 5.75 Å². The summed E-state index contributed by atoms with van der Waals surface area (Å²) in [5.74, 6) is 0.926. The van der Waals surface area contributed by atoms with Gasteiger partial charge in [0, 0.05) is 42.4 Å². The Morgan fingerprint density at radius 2 is 1.91 bits per heavy atom. The van der Waals surface area contributed by atoms with Gasteiger partial charge in [0.05, 0.1) is 17.8 Å². The molecule has 0 bridgehead atoms. The largest absolute Gasteiger partial charge is 0.497 e. The van der Waals surface area contributed by atoms with Crippen molar-refractivity contribution in [1.82, 2.24) is 20.1 Å². The van der Waals surface area contributed by atoms with Gasteiger partial charge >= 0.3 is 0 Å². The van der Waals surface area contributed by atoms with Gasteiger partial charge < -0.3 is 19.9 Å². The number of nitrogens with one attached hydrogen (secondary N) is 2. The highest BCUT2D eigenvalue weighted by Crippen LogP contribution is 2.23. The van der Waals surface area contributed by atoms with Crippen LogP contribution in [0.3, 0.4) is 0 Å². The molecule has 0 saturated heterocycles.